The highest BCUT2D eigenvalue weighted by Crippen LogP contribution is 2.21. The van der Waals surface area contributed by atoms with Gasteiger partial charge in [-0.3, -0.25) is 0 Å². The number of hydrogen-bond donors (Lipinski definition) is 3. The molecule has 3 nitrogen and oxygen atoms in total. The molecule has 62 valence electrons. The van der Waals surface area contributed by atoms with E-state index in [1.54, 1.807) is 12.2 Å². The van der Waals surface area contributed by atoms with E-state index in [-0.39, 0.29) is 0 Å². The summed E-state index contributed by atoms with van der Waals surface area (Å²) in [6.45, 7) is 1.44. The van der Waals surface area contributed by atoms with E-state index in [2.05, 4.69) is 0 Å². The lowest BCUT2D eigenvalue weighted by atomic mass is 9.88. The van der Waals surface area contributed by atoms with E-state index in [0.717, 1.165) is 0 Å². The van der Waals surface area contributed by atoms with E-state index >= 15 is 0 Å². The minimum atomic E-state index is -1.52. The second-order valence-electron chi connectivity index (χ2n) is 2.75. The Morgan fingerprint density at radius 1 is 1.45 bits per heavy atom. The lowest BCUT2D eigenvalue weighted by molar-refractivity contribution is -0.0911. The van der Waals surface area contributed by atoms with Gasteiger partial charge < -0.3 is 15.3 Å². The van der Waals surface area contributed by atoms with Crippen molar-refractivity contribution in [2.24, 2.45) is 0 Å². The van der Waals surface area contributed by atoms with Crippen LogP contribution >= 0.6 is 0 Å². The van der Waals surface area contributed by atoms with Gasteiger partial charge in [-0.05, 0) is 13.0 Å². The molecule has 0 spiro atoms. The van der Waals surface area contributed by atoms with Crippen molar-refractivity contribution < 1.29 is 15.3 Å². The third-order valence-corrected chi connectivity index (χ3v) is 1.91. The maximum Gasteiger partial charge on any atom is 0.138 e. The molecular formula is C8H12O3. The fraction of sp³-hybridized carbons (Fsp3) is 0.500. The Bertz CT molecular complexity index is 196. The molecule has 3 N–H and O–H groups in total. The average molecular weight is 156 g/mol. The fourth-order valence-electron chi connectivity index (χ4n) is 1.02. The van der Waals surface area contributed by atoms with Crippen molar-refractivity contribution in [2.45, 2.75) is 24.7 Å². The lowest BCUT2D eigenvalue weighted by Crippen LogP contribution is -2.49. The molecular weight excluding hydrogens is 144 g/mol. The minimum absolute atomic E-state index is 0.973. The molecule has 3 heteroatoms. The third kappa shape index (κ3) is 1.35. The van der Waals surface area contributed by atoms with E-state index in [9.17, 15) is 10.2 Å². The SMILES string of the molecule is CC(O)C1(O)C=CC=CC1O. The Morgan fingerprint density at radius 3 is 2.45 bits per heavy atom. The molecule has 0 aromatic heterocycles. The van der Waals surface area contributed by atoms with Crippen molar-refractivity contribution in [1.29, 1.82) is 0 Å². The van der Waals surface area contributed by atoms with Crippen LogP contribution in [0.5, 0.6) is 0 Å². The quantitative estimate of drug-likeness (QED) is 0.483. The number of allylic oxidation sites excluding steroid dienone is 2. The van der Waals surface area contributed by atoms with Crippen molar-refractivity contribution in [1.82, 2.24) is 0 Å². The molecule has 3 unspecified atom stereocenters. The van der Waals surface area contributed by atoms with Crippen LogP contribution < -0.4 is 0 Å². The highest BCUT2D eigenvalue weighted by Gasteiger charge is 2.37. The summed E-state index contributed by atoms with van der Waals surface area (Å²) in [4.78, 5) is 0. The van der Waals surface area contributed by atoms with E-state index in [1.807, 2.05) is 0 Å². The normalized spacial score (nSPS) is 39.1. The van der Waals surface area contributed by atoms with E-state index in [1.165, 1.54) is 19.1 Å². The van der Waals surface area contributed by atoms with E-state index < -0.39 is 17.8 Å². The molecule has 0 saturated carbocycles. The van der Waals surface area contributed by atoms with Crippen LogP contribution in [0.3, 0.4) is 0 Å². The third-order valence-electron chi connectivity index (χ3n) is 1.91. The molecule has 0 heterocycles. The molecule has 1 aliphatic rings. The van der Waals surface area contributed by atoms with Gasteiger partial charge in [0.2, 0.25) is 0 Å². The summed E-state index contributed by atoms with van der Waals surface area (Å²) >= 11 is 0. The standard InChI is InChI=1S/C8H12O3/c1-6(9)8(11)5-3-2-4-7(8)10/h2-7,9-11H,1H3. The van der Waals surface area contributed by atoms with Gasteiger partial charge in [0.15, 0.2) is 0 Å². The van der Waals surface area contributed by atoms with E-state index in [4.69, 9.17) is 5.11 Å². The average Bonchev–Trinajstić information content (AvgIpc) is 1.95. The van der Waals surface area contributed by atoms with Gasteiger partial charge in [0, 0.05) is 0 Å². The molecule has 0 fully saturated rings. The van der Waals surface area contributed by atoms with Gasteiger partial charge in [-0.1, -0.05) is 18.2 Å². The first kappa shape index (κ1) is 8.46. The fourth-order valence-corrected chi connectivity index (χ4v) is 1.02. The van der Waals surface area contributed by atoms with E-state index in [0.29, 0.717) is 0 Å². The van der Waals surface area contributed by atoms with Gasteiger partial charge >= 0.3 is 0 Å². The zero-order chi connectivity index (χ0) is 8.48. The van der Waals surface area contributed by atoms with Crippen LogP contribution in [0.4, 0.5) is 0 Å². The summed E-state index contributed by atoms with van der Waals surface area (Å²) in [7, 11) is 0. The summed E-state index contributed by atoms with van der Waals surface area (Å²) < 4.78 is 0. The molecule has 0 bridgehead atoms. The Hall–Kier alpha value is -0.640. The largest absolute Gasteiger partial charge is 0.390 e. The number of rotatable bonds is 1. The van der Waals surface area contributed by atoms with Crippen molar-refractivity contribution in [3.05, 3.63) is 24.3 Å². The first-order chi connectivity index (χ1) is 5.07. The molecule has 0 radical (unpaired) electrons. The van der Waals surface area contributed by atoms with Crippen LogP contribution in [0.25, 0.3) is 0 Å². The molecule has 3 atom stereocenters. The predicted octanol–water partition coefficient (Wildman–Crippen LogP) is -0.415. The van der Waals surface area contributed by atoms with Crippen molar-refractivity contribution in [3.8, 4) is 0 Å². The van der Waals surface area contributed by atoms with Gasteiger partial charge in [0.25, 0.3) is 0 Å². The topological polar surface area (TPSA) is 60.7 Å². The molecule has 1 aliphatic carbocycles. The molecule has 0 saturated heterocycles. The molecule has 0 aliphatic heterocycles. The smallest absolute Gasteiger partial charge is 0.138 e. The highest BCUT2D eigenvalue weighted by atomic mass is 16.4. The van der Waals surface area contributed by atoms with Gasteiger partial charge in [0.05, 0.1) is 6.10 Å². The second-order valence-corrected chi connectivity index (χ2v) is 2.75. The van der Waals surface area contributed by atoms with Crippen LogP contribution in [0.15, 0.2) is 24.3 Å². The second kappa shape index (κ2) is 2.77. The zero-order valence-corrected chi connectivity index (χ0v) is 6.31. The van der Waals surface area contributed by atoms with Gasteiger partial charge in [0.1, 0.15) is 11.7 Å². The molecule has 0 amide bonds. The van der Waals surface area contributed by atoms with Crippen LogP contribution in [0, 0.1) is 0 Å². The minimum Gasteiger partial charge on any atom is -0.390 e. The lowest BCUT2D eigenvalue weighted by Gasteiger charge is -2.32. The van der Waals surface area contributed by atoms with Crippen LogP contribution in [-0.4, -0.2) is 33.1 Å². The summed E-state index contributed by atoms with van der Waals surface area (Å²) in [5.74, 6) is 0. The van der Waals surface area contributed by atoms with Crippen LogP contribution in [0.2, 0.25) is 0 Å². The Balaban J connectivity index is 2.85. The molecule has 0 aromatic carbocycles. The number of hydrogen-bond acceptors (Lipinski definition) is 3. The first-order valence-corrected chi connectivity index (χ1v) is 3.52. The van der Waals surface area contributed by atoms with Crippen molar-refractivity contribution in [2.75, 3.05) is 0 Å². The predicted molar refractivity (Wildman–Crippen MR) is 40.9 cm³/mol. The van der Waals surface area contributed by atoms with Crippen molar-refractivity contribution in [3.63, 3.8) is 0 Å². The highest BCUT2D eigenvalue weighted by molar-refractivity contribution is 5.24. The van der Waals surface area contributed by atoms with Gasteiger partial charge in [-0.2, -0.15) is 0 Å². The van der Waals surface area contributed by atoms with Gasteiger partial charge in [-0.25, -0.2) is 0 Å². The summed E-state index contributed by atoms with van der Waals surface area (Å²) in [6, 6.07) is 0. The first-order valence-electron chi connectivity index (χ1n) is 3.52. The summed E-state index contributed by atoms with van der Waals surface area (Å²) in [5.41, 5.74) is -1.52. The molecule has 11 heavy (non-hydrogen) atoms. The number of aliphatic hydroxyl groups is 3. The Morgan fingerprint density at radius 2 is 2.09 bits per heavy atom. The Kier molecular flexibility index (Phi) is 2.13. The zero-order valence-electron chi connectivity index (χ0n) is 6.31. The van der Waals surface area contributed by atoms with Gasteiger partial charge in [-0.15, -0.1) is 0 Å². The van der Waals surface area contributed by atoms with Crippen LogP contribution in [0.1, 0.15) is 6.92 Å². The number of aliphatic hydroxyl groups excluding tert-OH is 2. The maximum absolute atomic E-state index is 9.58. The molecule has 0 aromatic rings. The Labute approximate surface area is 65.3 Å². The molecule has 1 rings (SSSR count). The van der Waals surface area contributed by atoms with Crippen molar-refractivity contribution >= 4 is 0 Å². The monoisotopic (exact) mass is 156 g/mol. The summed E-state index contributed by atoms with van der Waals surface area (Å²) in [5, 5.41) is 27.9. The summed E-state index contributed by atoms with van der Waals surface area (Å²) in [6.07, 6.45) is 4.06. The maximum atomic E-state index is 9.58. The van der Waals surface area contributed by atoms with Crippen LogP contribution in [-0.2, 0) is 0 Å².